The normalized spacial score (nSPS) is 30.1. The summed E-state index contributed by atoms with van der Waals surface area (Å²) in [5.74, 6) is 0.545. The molecule has 0 radical (unpaired) electrons. The zero-order chi connectivity index (χ0) is 19.4. The zero-order valence-corrected chi connectivity index (χ0v) is 17.3. The van der Waals surface area contributed by atoms with E-state index in [1.54, 1.807) is 5.56 Å². The van der Waals surface area contributed by atoms with Crippen molar-refractivity contribution in [3.05, 3.63) is 71.4 Å². The smallest absolute Gasteiger partial charge is 0.0593 e. The molecular weight excluding hydrogens is 342 g/mol. The quantitative estimate of drug-likeness (QED) is 0.677. The third-order valence-corrected chi connectivity index (χ3v) is 7.61. The molecule has 2 aliphatic rings. The molecule has 0 saturated heterocycles. The maximum absolute atomic E-state index is 3.96. The van der Waals surface area contributed by atoms with Gasteiger partial charge < -0.3 is 10.3 Å². The van der Waals surface area contributed by atoms with E-state index in [1.807, 2.05) is 0 Å². The van der Waals surface area contributed by atoms with Crippen molar-refractivity contribution >= 4 is 10.9 Å². The number of hydrogen-bond acceptors (Lipinski definition) is 2. The van der Waals surface area contributed by atoms with Crippen LogP contribution in [-0.2, 0) is 17.5 Å². The topological polar surface area (TPSA) is 31.1 Å². The number of fused-ring (bicyclic) bond motifs is 4. The van der Waals surface area contributed by atoms with Gasteiger partial charge in [0, 0.05) is 28.7 Å². The number of nitrogens with zero attached hydrogens (tertiary/aromatic N) is 1. The number of benzene rings is 2. The Morgan fingerprint density at radius 3 is 2.46 bits per heavy atom. The molecule has 3 unspecified atom stereocenters. The fourth-order valence-electron chi connectivity index (χ4n) is 6.29. The van der Waals surface area contributed by atoms with Gasteiger partial charge in [-0.15, -0.1) is 0 Å². The van der Waals surface area contributed by atoms with Crippen LogP contribution in [0.1, 0.15) is 43.0 Å². The fourth-order valence-corrected chi connectivity index (χ4v) is 6.29. The van der Waals surface area contributed by atoms with Gasteiger partial charge in [-0.3, -0.25) is 4.90 Å². The molecule has 1 fully saturated rings. The van der Waals surface area contributed by atoms with Crippen molar-refractivity contribution in [1.82, 2.24) is 15.2 Å². The number of nitrogens with one attached hydrogen (secondary N) is 2. The molecule has 3 nitrogen and oxygen atoms in total. The Morgan fingerprint density at radius 2 is 1.71 bits per heavy atom. The van der Waals surface area contributed by atoms with E-state index in [4.69, 9.17) is 0 Å². The summed E-state index contributed by atoms with van der Waals surface area (Å²) < 4.78 is 0. The number of aromatic nitrogens is 1. The maximum atomic E-state index is 3.96. The predicted octanol–water partition coefficient (Wildman–Crippen LogP) is 4.79. The summed E-state index contributed by atoms with van der Waals surface area (Å²) in [7, 11) is 4.51. The van der Waals surface area contributed by atoms with Crippen molar-refractivity contribution in [2.24, 2.45) is 5.92 Å². The van der Waals surface area contributed by atoms with Crippen molar-refractivity contribution in [2.45, 2.75) is 43.7 Å². The van der Waals surface area contributed by atoms with Gasteiger partial charge in [0.05, 0.1) is 5.54 Å². The van der Waals surface area contributed by atoms with Crippen LogP contribution < -0.4 is 5.32 Å². The molecule has 0 amide bonds. The minimum Gasteiger partial charge on any atom is -0.357 e. The van der Waals surface area contributed by atoms with Gasteiger partial charge in [0.25, 0.3) is 0 Å². The lowest BCUT2D eigenvalue weighted by Gasteiger charge is -2.55. The number of para-hydroxylation sites is 1. The molecule has 2 aromatic carbocycles. The second-order valence-electron chi connectivity index (χ2n) is 9.07. The van der Waals surface area contributed by atoms with Gasteiger partial charge in [-0.1, -0.05) is 55.5 Å². The van der Waals surface area contributed by atoms with E-state index in [9.17, 15) is 0 Å². The highest BCUT2D eigenvalue weighted by Crippen LogP contribution is 2.53. The largest absolute Gasteiger partial charge is 0.357 e. The molecule has 3 heteroatoms. The Morgan fingerprint density at radius 1 is 0.964 bits per heavy atom. The van der Waals surface area contributed by atoms with Crippen LogP contribution in [0.5, 0.6) is 0 Å². The first kappa shape index (κ1) is 18.0. The molecule has 0 bridgehead atoms. The first-order valence-corrected chi connectivity index (χ1v) is 10.6. The second-order valence-corrected chi connectivity index (χ2v) is 9.07. The molecule has 1 aliphatic carbocycles. The monoisotopic (exact) mass is 373 g/mol. The minimum atomic E-state index is 0.0698. The first-order chi connectivity index (χ1) is 13.6. The van der Waals surface area contributed by atoms with E-state index < -0.39 is 0 Å². The van der Waals surface area contributed by atoms with Gasteiger partial charge in [0.1, 0.15) is 0 Å². The molecule has 2 N–H and O–H groups in total. The van der Waals surface area contributed by atoms with Gasteiger partial charge in [-0.25, -0.2) is 0 Å². The van der Waals surface area contributed by atoms with Crippen LogP contribution in [0.2, 0.25) is 0 Å². The van der Waals surface area contributed by atoms with Crippen LogP contribution in [0, 0.1) is 5.92 Å². The van der Waals surface area contributed by atoms with Crippen molar-refractivity contribution in [1.29, 1.82) is 0 Å². The highest BCUT2D eigenvalue weighted by Gasteiger charge is 2.52. The van der Waals surface area contributed by atoms with Gasteiger partial charge >= 0.3 is 0 Å². The van der Waals surface area contributed by atoms with Gasteiger partial charge in [0.15, 0.2) is 0 Å². The average Bonchev–Trinajstić information content (AvgIpc) is 3.09. The molecule has 1 aromatic heterocycles. The van der Waals surface area contributed by atoms with Crippen LogP contribution in [0.4, 0.5) is 0 Å². The molecule has 146 valence electrons. The molecule has 28 heavy (non-hydrogen) atoms. The van der Waals surface area contributed by atoms with Crippen LogP contribution in [0.15, 0.2) is 54.6 Å². The Bertz CT molecular complexity index is 989. The summed E-state index contributed by atoms with van der Waals surface area (Å²) in [6, 6.07) is 19.9. The minimum absolute atomic E-state index is 0.0698. The average molecular weight is 374 g/mol. The Balaban J connectivity index is 1.58. The van der Waals surface area contributed by atoms with E-state index in [1.165, 1.54) is 22.2 Å². The highest BCUT2D eigenvalue weighted by atomic mass is 15.2. The molecule has 2 heterocycles. The fraction of sp³-hybridized carbons (Fsp3) is 0.440. The van der Waals surface area contributed by atoms with Crippen LogP contribution in [0.25, 0.3) is 10.9 Å². The number of H-pyrrole nitrogens is 1. The lowest BCUT2D eigenvalue weighted by atomic mass is 9.61. The summed E-state index contributed by atoms with van der Waals surface area (Å²) in [6.45, 7) is 3.52. The SMILES string of the molecule is CC1CC2(CCC1(c1ccccc1)N(C)C)NCCc1c2[nH]c2ccccc12. The van der Waals surface area contributed by atoms with E-state index in [0.717, 1.165) is 32.2 Å². The lowest BCUT2D eigenvalue weighted by molar-refractivity contribution is -0.00221. The van der Waals surface area contributed by atoms with Gasteiger partial charge in [-0.05, 0) is 62.9 Å². The molecular formula is C25H31N3. The van der Waals surface area contributed by atoms with Crippen molar-refractivity contribution < 1.29 is 0 Å². The number of hydrogen-bond donors (Lipinski definition) is 2. The van der Waals surface area contributed by atoms with E-state index in [0.29, 0.717) is 5.92 Å². The standard InChI is InChI=1S/C25H31N3/c1-18-17-24(14-15-25(18,28(2)3)19-9-5-4-6-10-19)23-21(13-16-26-24)20-11-7-8-12-22(20)27-23/h4-12,18,26-27H,13-17H2,1-3H3. The lowest BCUT2D eigenvalue weighted by Crippen LogP contribution is -2.58. The molecule has 3 aromatic rings. The Kier molecular flexibility index (Phi) is 4.15. The molecule has 1 spiro atoms. The highest BCUT2D eigenvalue weighted by molar-refractivity contribution is 5.85. The van der Waals surface area contributed by atoms with Crippen LogP contribution in [0.3, 0.4) is 0 Å². The summed E-state index contributed by atoms with van der Waals surface area (Å²) >= 11 is 0. The second kappa shape index (κ2) is 6.47. The third-order valence-electron chi connectivity index (χ3n) is 7.61. The van der Waals surface area contributed by atoms with Crippen molar-refractivity contribution in [3.63, 3.8) is 0 Å². The summed E-state index contributed by atoms with van der Waals surface area (Å²) in [6.07, 6.45) is 4.59. The summed E-state index contributed by atoms with van der Waals surface area (Å²) in [5, 5.41) is 5.38. The number of rotatable bonds is 2. The van der Waals surface area contributed by atoms with E-state index in [2.05, 4.69) is 90.8 Å². The van der Waals surface area contributed by atoms with Crippen LogP contribution >= 0.6 is 0 Å². The van der Waals surface area contributed by atoms with Gasteiger partial charge in [0.2, 0.25) is 0 Å². The van der Waals surface area contributed by atoms with Crippen molar-refractivity contribution in [3.8, 4) is 0 Å². The third kappa shape index (κ3) is 2.42. The maximum Gasteiger partial charge on any atom is 0.0593 e. The van der Waals surface area contributed by atoms with Crippen molar-refractivity contribution in [2.75, 3.05) is 20.6 Å². The summed E-state index contributed by atoms with van der Waals surface area (Å²) in [5.41, 5.74) is 5.90. The number of aromatic amines is 1. The molecule has 1 saturated carbocycles. The predicted molar refractivity (Wildman–Crippen MR) is 117 cm³/mol. The first-order valence-electron chi connectivity index (χ1n) is 10.6. The van der Waals surface area contributed by atoms with Crippen LogP contribution in [-0.4, -0.2) is 30.5 Å². The van der Waals surface area contributed by atoms with E-state index in [-0.39, 0.29) is 11.1 Å². The Labute approximate surface area is 168 Å². The molecule has 1 aliphatic heterocycles. The van der Waals surface area contributed by atoms with E-state index >= 15 is 0 Å². The van der Waals surface area contributed by atoms with Gasteiger partial charge in [-0.2, -0.15) is 0 Å². The molecule has 3 atom stereocenters. The molecule has 5 rings (SSSR count). The Hall–Kier alpha value is -2.10. The zero-order valence-electron chi connectivity index (χ0n) is 17.3. The summed E-state index contributed by atoms with van der Waals surface area (Å²) in [4.78, 5) is 6.28.